The van der Waals surface area contributed by atoms with E-state index in [0.717, 1.165) is 6.07 Å². The molecular formula is C12H12Cl2F3NO2. The molecule has 0 unspecified atom stereocenters. The summed E-state index contributed by atoms with van der Waals surface area (Å²) in [5.41, 5.74) is -1.02. The van der Waals surface area contributed by atoms with Crippen LogP contribution in [0.4, 0.5) is 18.9 Å². The first-order chi connectivity index (χ1) is 9.04. The van der Waals surface area contributed by atoms with Crippen LogP contribution in [0.15, 0.2) is 12.1 Å². The molecule has 0 aliphatic rings. The molecule has 0 saturated heterocycles. The minimum Gasteiger partial charge on any atom is -0.480 e. The number of carboxylic acids is 1. The Bertz CT molecular complexity index is 518. The molecule has 0 radical (unpaired) electrons. The fraction of sp³-hybridized carbons (Fsp3) is 0.417. The first-order valence-corrected chi connectivity index (χ1v) is 6.35. The van der Waals surface area contributed by atoms with E-state index < -0.39 is 28.8 Å². The number of anilines is 1. The predicted octanol–water partition coefficient (Wildman–Crippen LogP) is 4.53. The largest absolute Gasteiger partial charge is 0.480 e. The molecule has 1 rings (SSSR count). The van der Waals surface area contributed by atoms with E-state index in [2.05, 4.69) is 5.32 Å². The van der Waals surface area contributed by atoms with Crippen molar-refractivity contribution in [2.45, 2.75) is 26.1 Å². The van der Waals surface area contributed by atoms with Gasteiger partial charge in [-0.1, -0.05) is 37.0 Å². The minimum absolute atomic E-state index is 0.0470. The average Bonchev–Trinajstić information content (AvgIpc) is 2.27. The second-order valence-corrected chi connectivity index (χ2v) is 5.33. The molecule has 2 N–H and O–H groups in total. The van der Waals surface area contributed by atoms with Gasteiger partial charge in [0, 0.05) is 0 Å². The molecule has 1 atom stereocenters. The normalized spacial score (nSPS) is 13.4. The summed E-state index contributed by atoms with van der Waals surface area (Å²) < 4.78 is 37.9. The Kier molecular flexibility index (Phi) is 5.15. The zero-order chi connectivity index (χ0) is 15.7. The van der Waals surface area contributed by atoms with Crippen molar-refractivity contribution in [3.05, 3.63) is 27.7 Å². The van der Waals surface area contributed by atoms with E-state index in [9.17, 15) is 18.0 Å². The minimum atomic E-state index is -4.62. The zero-order valence-electron chi connectivity index (χ0n) is 10.6. The van der Waals surface area contributed by atoms with Crippen LogP contribution in [-0.4, -0.2) is 17.1 Å². The highest BCUT2D eigenvalue weighted by Crippen LogP contribution is 2.39. The quantitative estimate of drug-likeness (QED) is 0.852. The Morgan fingerprint density at radius 3 is 2.20 bits per heavy atom. The molecule has 1 aromatic carbocycles. The summed E-state index contributed by atoms with van der Waals surface area (Å²) >= 11 is 11.3. The van der Waals surface area contributed by atoms with E-state index in [-0.39, 0.29) is 16.6 Å². The van der Waals surface area contributed by atoms with Crippen molar-refractivity contribution in [3.63, 3.8) is 0 Å². The lowest BCUT2D eigenvalue weighted by atomic mass is 10.0. The van der Waals surface area contributed by atoms with Crippen molar-refractivity contribution in [2.24, 2.45) is 5.92 Å². The molecule has 8 heteroatoms. The second-order valence-electron chi connectivity index (χ2n) is 4.51. The van der Waals surface area contributed by atoms with Crippen LogP contribution in [-0.2, 0) is 11.0 Å². The van der Waals surface area contributed by atoms with Crippen LogP contribution in [0.2, 0.25) is 10.0 Å². The van der Waals surface area contributed by atoms with Gasteiger partial charge in [-0.25, -0.2) is 4.79 Å². The lowest BCUT2D eigenvalue weighted by molar-refractivity contribution is -0.139. The van der Waals surface area contributed by atoms with Crippen molar-refractivity contribution < 1.29 is 23.1 Å². The molecule has 0 aliphatic heterocycles. The summed E-state index contributed by atoms with van der Waals surface area (Å²) in [6.07, 6.45) is -4.62. The van der Waals surface area contributed by atoms with Crippen LogP contribution < -0.4 is 5.32 Å². The van der Waals surface area contributed by atoms with Gasteiger partial charge in [-0.15, -0.1) is 0 Å². The highest BCUT2D eigenvalue weighted by atomic mass is 35.5. The topological polar surface area (TPSA) is 49.3 Å². The van der Waals surface area contributed by atoms with Gasteiger partial charge in [-0.05, 0) is 18.1 Å². The van der Waals surface area contributed by atoms with E-state index >= 15 is 0 Å². The Morgan fingerprint density at radius 2 is 1.80 bits per heavy atom. The third kappa shape index (κ3) is 3.93. The van der Waals surface area contributed by atoms with Crippen molar-refractivity contribution >= 4 is 34.9 Å². The van der Waals surface area contributed by atoms with Gasteiger partial charge in [0.2, 0.25) is 0 Å². The van der Waals surface area contributed by atoms with Crippen molar-refractivity contribution in [1.82, 2.24) is 0 Å². The van der Waals surface area contributed by atoms with Crippen LogP contribution >= 0.6 is 23.2 Å². The van der Waals surface area contributed by atoms with E-state index in [1.807, 2.05) is 0 Å². The van der Waals surface area contributed by atoms with Gasteiger partial charge in [-0.3, -0.25) is 0 Å². The molecule has 0 bridgehead atoms. The fourth-order valence-electron chi connectivity index (χ4n) is 1.56. The van der Waals surface area contributed by atoms with Crippen LogP contribution in [0.25, 0.3) is 0 Å². The van der Waals surface area contributed by atoms with Gasteiger partial charge in [-0.2, -0.15) is 13.2 Å². The first kappa shape index (κ1) is 16.9. The second kappa shape index (κ2) is 6.10. The van der Waals surface area contributed by atoms with Gasteiger partial charge in [0.15, 0.2) is 0 Å². The lowest BCUT2D eigenvalue weighted by Crippen LogP contribution is -2.34. The number of alkyl halides is 3. The summed E-state index contributed by atoms with van der Waals surface area (Å²) in [6.45, 7) is 3.32. The lowest BCUT2D eigenvalue weighted by Gasteiger charge is -2.21. The van der Waals surface area contributed by atoms with Gasteiger partial charge in [0.1, 0.15) is 6.04 Å². The molecule has 0 aromatic heterocycles. The molecule has 1 aromatic rings. The molecule has 0 saturated carbocycles. The van der Waals surface area contributed by atoms with Crippen LogP contribution in [0.3, 0.4) is 0 Å². The summed E-state index contributed by atoms with van der Waals surface area (Å²) in [6, 6.07) is 0.663. The third-order valence-electron chi connectivity index (χ3n) is 2.61. The molecule has 0 spiro atoms. The Morgan fingerprint density at radius 1 is 1.25 bits per heavy atom. The van der Waals surface area contributed by atoms with E-state index in [1.165, 1.54) is 0 Å². The Balaban J connectivity index is 3.16. The number of nitrogens with one attached hydrogen (secondary N) is 1. The summed E-state index contributed by atoms with van der Waals surface area (Å²) in [5, 5.41) is 10.8. The molecule has 0 aliphatic carbocycles. The molecule has 0 fully saturated rings. The van der Waals surface area contributed by atoms with Crippen LogP contribution in [0.1, 0.15) is 19.4 Å². The van der Waals surface area contributed by atoms with Crippen molar-refractivity contribution in [3.8, 4) is 0 Å². The van der Waals surface area contributed by atoms with Gasteiger partial charge in [0.25, 0.3) is 0 Å². The number of carboxylic acid groups (broad SMARTS) is 1. The van der Waals surface area contributed by atoms with Crippen molar-refractivity contribution in [1.29, 1.82) is 0 Å². The Hall–Kier alpha value is -1.14. The average molecular weight is 330 g/mol. The van der Waals surface area contributed by atoms with Gasteiger partial charge in [0.05, 0.1) is 21.3 Å². The highest BCUT2D eigenvalue weighted by molar-refractivity contribution is 6.35. The molecule has 20 heavy (non-hydrogen) atoms. The number of hydrogen-bond acceptors (Lipinski definition) is 2. The molecule has 0 heterocycles. The maximum atomic E-state index is 12.6. The number of aliphatic carboxylic acids is 1. The Labute approximate surface area is 123 Å². The van der Waals surface area contributed by atoms with E-state index in [1.54, 1.807) is 13.8 Å². The predicted molar refractivity (Wildman–Crippen MR) is 71.3 cm³/mol. The van der Waals surface area contributed by atoms with Crippen LogP contribution in [0.5, 0.6) is 0 Å². The summed E-state index contributed by atoms with van der Waals surface area (Å²) in [7, 11) is 0. The molecule has 3 nitrogen and oxygen atoms in total. The molecule has 112 valence electrons. The maximum absolute atomic E-state index is 12.6. The van der Waals surface area contributed by atoms with Gasteiger partial charge >= 0.3 is 12.1 Å². The van der Waals surface area contributed by atoms with Gasteiger partial charge < -0.3 is 10.4 Å². The zero-order valence-corrected chi connectivity index (χ0v) is 12.1. The number of carbonyl (C=O) groups is 1. The smallest absolute Gasteiger partial charge is 0.417 e. The summed E-state index contributed by atoms with van der Waals surface area (Å²) in [5.74, 6) is -1.42. The first-order valence-electron chi connectivity index (χ1n) is 5.59. The number of rotatable bonds is 4. The van der Waals surface area contributed by atoms with Crippen LogP contribution in [0, 0.1) is 5.92 Å². The standard InChI is InChI=1S/C12H12Cl2F3NO2/c1-5(2)10(11(19)20)18-9-4-7(13)6(3-8(9)14)12(15,16)17/h3-5,10,18H,1-2H3,(H,19,20)/t10-/m0/s1. The fourth-order valence-corrected chi connectivity index (χ4v) is 2.04. The van der Waals surface area contributed by atoms with E-state index in [4.69, 9.17) is 28.3 Å². The van der Waals surface area contributed by atoms with E-state index in [0.29, 0.717) is 6.07 Å². The summed E-state index contributed by atoms with van der Waals surface area (Å²) in [4.78, 5) is 11.0. The number of halogens is 5. The monoisotopic (exact) mass is 329 g/mol. The molecular weight excluding hydrogens is 318 g/mol. The highest BCUT2D eigenvalue weighted by Gasteiger charge is 2.34. The van der Waals surface area contributed by atoms with Crippen molar-refractivity contribution in [2.75, 3.05) is 5.32 Å². The maximum Gasteiger partial charge on any atom is 0.417 e. The SMILES string of the molecule is CC(C)[C@H](Nc1cc(Cl)c(C(F)(F)F)cc1Cl)C(=O)O. The number of hydrogen-bond donors (Lipinski definition) is 2. The molecule has 0 amide bonds. The number of benzene rings is 1. The third-order valence-corrected chi connectivity index (χ3v) is 3.23.